The molecule has 5 nitrogen and oxygen atoms in total. The van der Waals surface area contributed by atoms with Gasteiger partial charge in [-0.15, -0.1) is 0 Å². The van der Waals surface area contributed by atoms with E-state index in [4.69, 9.17) is 4.74 Å². The summed E-state index contributed by atoms with van der Waals surface area (Å²) in [6.45, 7) is 6.42. The Hall–Kier alpha value is -0.972. The van der Waals surface area contributed by atoms with Crippen molar-refractivity contribution < 1.29 is 28.9 Å². The van der Waals surface area contributed by atoms with Crippen molar-refractivity contribution in [2.75, 3.05) is 29.9 Å². The number of benzene rings is 1. The fourth-order valence-corrected chi connectivity index (χ4v) is 4.39. The first-order valence-electron chi connectivity index (χ1n) is 7.59. The van der Waals surface area contributed by atoms with Gasteiger partial charge in [0.2, 0.25) is 0 Å². The van der Waals surface area contributed by atoms with Gasteiger partial charge in [0.1, 0.15) is 0 Å². The van der Waals surface area contributed by atoms with Crippen LogP contribution in [0.1, 0.15) is 13.8 Å². The van der Waals surface area contributed by atoms with Crippen LogP contribution in [-0.4, -0.2) is 47.0 Å². The first kappa shape index (κ1) is 16.9. The predicted molar refractivity (Wildman–Crippen MR) is 93.7 cm³/mol. The third-order valence-electron chi connectivity index (χ3n) is 4.08. The Labute approximate surface area is 150 Å². The summed E-state index contributed by atoms with van der Waals surface area (Å²) < 4.78 is 6.65. The zero-order valence-electron chi connectivity index (χ0n) is 13.3. The molecule has 124 valence electrons. The molecule has 0 spiro atoms. The average molecular weight is 503 g/mol. The van der Waals surface area contributed by atoms with Crippen molar-refractivity contribution in [2.45, 2.75) is 30.1 Å². The summed E-state index contributed by atoms with van der Waals surface area (Å²) in [5, 5.41) is 7.26. The van der Waals surface area contributed by atoms with E-state index < -0.39 is 0 Å². The second-order valence-electron chi connectivity index (χ2n) is 5.85. The SMILES string of the molecule is C=S1c2ccc(N3C[C@H](CN[C](C)=[W])OC3=O)cc2NCC1C. The van der Waals surface area contributed by atoms with E-state index in [0.29, 0.717) is 18.3 Å². The van der Waals surface area contributed by atoms with Crippen LogP contribution in [0.25, 0.3) is 0 Å². The van der Waals surface area contributed by atoms with Crippen molar-refractivity contribution in [1.29, 1.82) is 0 Å². The van der Waals surface area contributed by atoms with Crippen LogP contribution in [0.4, 0.5) is 16.2 Å². The molecule has 2 aliphatic heterocycles. The molecule has 23 heavy (non-hydrogen) atoms. The summed E-state index contributed by atoms with van der Waals surface area (Å²) >= 11 is 1.40. The second-order valence-corrected chi connectivity index (χ2v) is 10.2. The zero-order chi connectivity index (χ0) is 16.6. The minimum Gasteiger partial charge on any atom is -0.0517 e. The third-order valence-corrected chi connectivity index (χ3v) is 6.65. The van der Waals surface area contributed by atoms with E-state index in [1.807, 2.05) is 19.1 Å². The van der Waals surface area contributed by atoms with Gasteiger partial charge >= 0.3 is 143 Å². The van der Waals surface area contributed by atoms with Gasteiger partial charge in [-0.3, -0.25) is 0 Å². The molecular formula is C16H21N3O2SW. The summed E-state index contributed by atoms with van der Waals surface area (Å²) in [5.74, 6) is 4.29. The van der Waals surface area contributed by atoms with E-state index in [1.165, 1.54) is 28.3 Å². The number of hydrogen-bond acceptors (Lipinski definition) is 4. The molecule has 3 rings (SSSR count). The predicted octanol–water partition coefficient (Wildman–Crippen LogP) is 2.17. The molecule has 1 fully saturated rings. The molecule has 1 aromatic carbocycles. The van der Waals surface area contributed by atoms with Crippen LogP contribution in [0.5, 0.6) is 0 Å². The van der Waals surface area contributed by atoms with Gasteiger partial charge < -0.3 is 0 Å². The smallest absolute Gasteiger partial charge is 0.0517 e. The normalized spacial score (nSPS) is 26.4. The number of amides is 1. The topological polar surface area (TPSA) is 53.6 Å². The van der Waals surface area contributed by atoms with Crippen LogP contribution < -0.4 is 15.5 Å². The monoisotopic (exact) mass is 503 g/mol. The van der Waals surface area contributed by atoms with Crippen molar-refractivity contribution in [3.63, 3.8) is 0 Å². The van der Waals surface area contributed by atoms with E-state index in [0.717, 1.165) is 17.9 Å². The van der Waals surface area contributed by atoms with Crippen LogP contribution in [0.3, 0.4) is 0 Å². The van der Waals surface area contributed by atoms with Crippen molar-refractivity contribution in [3.8, 4) is 0 Å². The van der Waals surface area contributed by atoms with E-state index >= 15 is 0 Å². The molecule has 2 aliphatic rings. The van der Waals surface area contributed by atoms with Gasteiger partial charge in [0, 0.05) is 0 Å². The molecule has 0 aliphatic carbocycles. The first-order valence-corrected chi connectivity index (χ1v) is 10.5. The summed E-state index contributed by atoms with van der Waals surface area (Å²) in [5.41, 5.74) is 1.98. The average Bonchev–Trinajstić information content (AvgIpc) is 2.90. The standard InChI is InChI=1S/C16H21N3O2S.W/c1-4-17-9-13-10-19(16(20)21-13)12-5-6-15-14(7-12)18-8-11(2)22(15)3;/h5-7,11,13,17-18H,3,8-10H2,1-2H3;/t11?,13-,22?;/m0./s1. The van der Waals surface area contributed by atoms with E-state index in [2.05, 4.69) is 29.5 Å². The molecule has 0 aromatic heterocycles. The number of ether oxygens (including phenoxy) is 1. The molecule has 2 unspecified atom stereocenters. The molecule has 7 heteroatoms. The van der Waals surface area contributed by atoms with Gasteiger partial charge in [0.15, 0.2) is 0 Å². The summed E-state index contributed by atoms with van der Waals surface area (Å²) in [6, 6.07) is 6.14. The zero-order valence-corrected chi connectivity index (χ0v) is 17.0. The molecule has 2 N–H and O–H groups in total. The Kier molecular flexibility index (Phi) is 5.04. The van der Waals surface area contributed by atoms with E-state index in [9.17, 15) is 4.79 Å². The number of anilines is 2. The van der Waals surface area contributed by atoms with Crippen molar-refractivity contribution >= 4 is 37.8 Å². The number of carbonyl (C=O) groups excluding carboxylic acids is 1. The minimum atomic E-state index is -0.268. The minimum absolute atomic E-state index is 0.00137. The quantitative estimate of drug-likeness (QED) is 0.619. The Morgan fingerprint density at radius 3 is 3.13 bits per heavy atom. The molecule has 0 bridgehead atoms. The fourth-order valence-electron chi connectivity index (χ4n) is 2.72. The first-order chi connectivity index (χ1) is 11.0. The van der Waals surface area contributed by atoms with Gasteiger partial charge in [0.05, 0.1) is 0 Å². The van der Waals surface area contributed by atoms with Crippen LogP contribution in [-0.2, 0) is 24.1 Å². The summed E-state index contributed by atoms with van der Waals surface area (Å²) in [4.78, 5) is 15.1. The van der Waals surface area contributed by atoms with Crippen molar-refractivity contribution in [2.24, 2.45) is 0 Å². The number of carbonyl (C=O) groups is 1. The second kappa shape index (κ2) is 6.87. The number of hydrogen-bond donors (Lipinski definition) is 2. The molecule has 0 radical (unpaired) electrons. The number of nitrogens with one attached hydrogen (secondary N) is 2. The van der Waals surface area contributed by atoms with Gasteiger partial charge in [-0.05, 0) is 0 Å². The van der Waals surface area contributed by atoms with E-state index in [1.54, 1.807) is 4.90 Å². The van der Waals surface area contributed by atoms with Crippen molar-refractivity contribution in [1.82, 2.24) is 5.32 Å². The van der Waals surface area contributed by atoms with Gasteiger partial charge in [-0.25, -0.2) is 0 Å². The molecule has 1 amide bonds. The van der Waals surface area contributed by atoms with E-state index in [-0.39, 0.29) is 22.7 Å². The maximum absolute atomic E-state index is 12.2. The van der Waals surface area contributed by atoms with Crippen LogP contribution in [0.15, 0.2) is 23.1 Å². The molecule has 3 atom stereocenters. The Balaban J connectivity index is 1.76. The summed E-state index contributed by atoms with van der Waals surface area (Å²) in [7, 11) is -0.00137. The third kappa shape index (κ3) is 3.59. The van der Waals surface area contributed by atoms with Gasteiger partial charge in [-0.1, -0.05) is 6.92 Å². The maximum atomic E-state index is 12.2. The van der Waals surface area contributed by atoms with Crippen LogP contribution in [0.2, 0.25) is 0 Å². The van der Waals surface area contributed by atoms with Gasteiger partial charge in [-0.2, -0.15) is 0 Å². The Morgan fingerprint density at radius 2 is 2.39 bits per heavy atom. The number of fused-ring (bicyclic) bond motifs is 1. The molecule has 2 heterocycles. The van der Waals surface area contributed by atoms with Crippen molar-refractivity contribution in [3.05, 3.63) is 18.2 Å². The molecule has 1 saturated heterocycles. The number of cyclic esters (lactones) is 1. The molecular weight excluding hydrogens is 482 g/mol. The number of rotatable bonds is 4. The molecule has 1 aromatic rings. The summed E-state index contributed by atoms with van der Waals surface area (Å²) in [6.07, 6.45) is -0.376. The van der Waals surface area contributed by atoms with Crippen LogP contribution in [0, 0.1) is 0 Å². The Bertz CT molecular complexity index is 679. The van der Waals surface area contributed by atoms with Crippen LogP contribution >= 0.6 is 10.5 Å². The molecule has 0 saturated carbocycles. The van der Waals surface area contributed by atoms with Gasteiger partial charge in [0.25, 0.3) is 0 Å². The number of nitrogens with zero attached hydrogens (tertiary/aromatic N) is 1. The fraction of sp³-hybridized carbons (Fsp3) is 0.438. The Morgan fingerprint density at radius 1 is 1.61 bits per heavy atom.